The van der Waals surface area contributed by atoms with Crippen LogP contribution in [0.1, 0.15) is 18.9 Å². The number of pyridine rings is 1. The molecule has 0 aliphatic rings. The molecule has 0 amide bonds. The number of hydrogen-bond acceptors (Lipinski definition) is 6. The lowest BCUT2D eigenvalue weighted by Gasteiger charge is -2.13. The van der Waals surface area contributed by atoms with Crippen molar-refractivity contribution in [1.29, 1.82) is 5.26 Å². The maximum absolute atomic E-state index is 10.5. The number of nitrogens with one attached hydrogen (secondary N) is 1. The van der Waals surface area contributed by atoms with Crippen LogP contribution < -0.4 is 5.32 Å². The summed E-state index contributed by atoms with van der Waals surface area (Å²) in [5.41, 5.74) is -0.106. The van der Waals surface area contributed by atoms with E-state index < -0.39 is 4.92 Å². The van der Waals surface area contributed by atoms with Crippen molar-refractivity contribution in [2.24, 2.45) is 0 Å². The van der Waals surface area contributed by atoms with Crippen molar-refractivity contribution >= 4 is 11.5 Å². The first-order valence-corrected chi connectivity index (χ1v) is 5.00. The maximum Gasteiger partial charge on any atom is 0.289 e. The topological polar surface area (TPSA) is 112 Å². The van der Waals surface area contributed by atoms with E-state index in [0.717, 1.165) is 6.20 Å². The van der Waals surface area contributed by atoms with Crippen molar-refractivity contribution in [2.75, 3.05) is 11.9 Å². The highest BCUT2D eigenvalue weighted by molar-refractivity contribution is 5.55. The van der Waals surface area contributed by atoms with E-state index >= 15 is 0 Å². The summed E-state index contributed by atoms with van der Waals surface area (Å²) in [7, 11) is 0. The maximum atomic E-state index is 10.5. The van der Waals surface area contributed by atoms with E-state index in [-0.39, 0.29) is 23.9 Å². The molecule has 0 saturated carbocycles. The van der Waals surface area contributed by atoms with E-state index in [1.54, 1.807) is 0 Å². The van der Waals surface area contributed by atoms with E-state index in [0.29, 0.717) is 12.2 Å². The molecule has 7 nitrogen and oxygen atoms in total. The molecule has 90 valence electrons. The van der Waals surface area contributed by atoms with Crippen molar-refractivity contribution in [3.8, 4) is 6.07 Å². The SMILES string of the molecule is CC(CCO)Nc1ncc([N+](=O)[O-])cc1C#N. The third kappa shape index (κ3) is 3.39. The third-order valence-electron chi connectivity index (χ3n) is 2.15. The minimum atomic E-state index is -0.602. The number of nitro groups is 1. The predicted molar refractivity (Wildman–Crippen MR) is 60.4 cm³/mol. The Morgan fingerprint density at radius 1 is 1.76 bits per heavy atom. The van der Waals surface area contributed by atoms with E-state index in [1.165, 1.54) is 6.07 Å². The molecular weight excluding hydrogens is 224 g/mol. The normalized spacial score (nSPS) is 11.6. The Morgan fingerprint density at radius 2 is 2.47 bits per heavy atom. The monoisotopic (exact) mass is 236 g/mol. The van der Waals surface area contributed by atoms with Gasteiger partial charge in [0.2, 0.25) is 0 Å². The molecule has 0 bridgehead atoms. The van der Waals surface area contributed by atoms with Crippen LogP contribution in [0.2, 0.25) is 0 Å². The second-order valence-corrected chi connectivity index (χ2v) is 3.52. The van der Waals surface area contributed by atoms with Crippen LogP contribution in [0.15, 0.2) is 12.3 Å². The zero-order valence-electron chi connectivity index (χ0n) is 9.25. The predicted octanol–water partition coefficient (Wildman–Crippen LogP) is 1.04. The van der Waals surface area contributed by atoms with Gasteiger partial charge >= 0.3 is 0 Å². The van der Waals surface area contributed by atoms with Crippen LogP contribution in [-0.2, 0) is 0 Å². The van der Waals surface area contributed by atoms with Crippen LogP contribution in [0.3, 0.4) is 0 Å². The van der Waals surface area contributed by atoms with Gasteiger partial charge in [-0.15, -0.1) is 0 Å². The Balaban J connectivity index is 2.94. The molecular formula is C10H12N4O3. The molecule has 1 rings (SSSR count). The van der Waals surface area contributed by atoms with Gasteiger partial charge in [0.05, 0.1) is 4.92 Å². The minimum Gasteiger partial charge on any atom is -0.396 e. The Kier molecular flexibility index (Phi) is 4.37. The molecule has 1 aromatic rings. The quantitative estimate of drug-likeness (QED) is 0.583. The highest BCUT2D eigenvalue weighted by Gasteiger charge is 2.13. The number of anilines is 1. The summed E-state index contributed by atoms with van der Waals surface area (Å²) in [5, 5.41) is 31.0. The lowest BCUT2D eigenvalue weighted by Crippen LogP contribution is -2.18. The van der Waals surface area contributed by atoms with Crippen LogP contribution in [0, 0.1) is 21.4 Å². The van der Waals surface area contributed by atoms with E-state index in [2.05, 4.69) is 10.3 Å². The van der Waals surface area contributed by atoms with Crippen molar-refractivity contribution in [3.63, 3.8) is 0 Å². The van der Waals surface area contributed by atoms with Crippen molar-refractivity contribution < 1.29 is 10.0 Å². The van der Waals surface area contributed by atoms with Crippen molar-refractivity contribution in [3.05, 3.63) is 27.9 Å². The van der Waals surface area contributed by atoms with Crippen LogP contribution in [-0.4, -0.2) is 27.7 Å². The van der Waals surface area contributed by atoms with Gasteiger partial charge in [0.15, 0.2) is 0 Å². The van der Waals surface area contributed by atoms with Gasteiger partial charge in [-0.3, -0.25) is 10.1 Å². The van der Waals surface area contributed by atoms with Crippen LogP contribution in [0.25, 0.3) is 0 Å². The first-order chi connectivity index (χ1) is 8.08. The van der Waals surface area contributed by atoms with Gasteiger partial charge < -0.3 is 10.4 Å². The molecule has 2 N–H and O–H groups in total. The number of aliphatic hydroxyl groups is 1. The molecule has 0 radical (unpaired) electrons. The summed E-state index contributed by atoms with van der Waals surface area (Å²) in [4.78, 5) is 13.7. The van der Waals surface area contributed by atoms with E-state index in [9.17, 15) is 10.1 Å². The number of rotatable bonds is 5. The van der Waals surface area contributed by atoms with Gasteiger partial charge in [-0.05, 0) is 13.3 Å². The molecule has 1 unspecified atom stereocenters. The molecule has 1 atom stereocenters. The average Bonchev–Trinajstić information content (AvgIpc) is 2.29. The number of nitrogens with zero attached hydrogens (tertiary/aromatic N) is 3. The summed E-state index contributed by atoms with van der Waals surface area (Å²) >= 11 is 0. The molecule has 7 heteroatoms. The van der Waals surface area contributed by atoms with Gasteiger partial charge in [0, 0.05) is 18.7 Å². The molecule has 0 aliphatic carbocycles. The fourth-order valence-electron chi connectivity index (χ4n) is 1.25. The standard InChI is InChI=1S/C10H12N4O3/c1-7(2-3-15)13-10-8(5-11)4-9(6-12-10)14(16)17/h4,6-7,15H,2-3H2,1H3,(H,12,13). The smallest absolute Gasteiger partial charge is 0.289 e. The number of hydrogen-bond donors (Lipinski definition) is 2. The lowest BCUT2D eigenvalue weighted by atomic mass is 10.2. The summed E-state index contributed by atoms with van der Waals surface area (Å²) in [6.45, 7) is 1.84. The van der Waals surface area contributed by atoms with Crippen LogP contribution in [0.4, 0.5) is 11.5 Å². The summed E-state index contributed by atoms with van der Waals surface area (Å²) < 4.78 is 0. The van der Waals surface area contributed by atoms with Gasteiger partial charge in [-0.25, -0.2) is 4.98 Å². The second kappa shape index (κ2) is 5.77. The van der Waals surface area contributed by atoms with E-state index in [4.69, 9.17) is 10.4 Å². The molecule has 0 saturated heterocycles. The highest BCUT2D eigenvalue weighted by Crippen LogP contribution is 2.19. The lowest BCUT2D eigenvalue weighted by molar-refractivity contribution is -0.385. The molecule has 0 aliphatic heterocycles. The Bertz CT molecular complexity index is 455. The average molecular weight is 236 g/mol. The molecule has 1 heterocycles. The number of nitriles is 1. The zero-order valence-corrected chi connectivity index (χ0v) is 9.25. The Labute approximate surface area is 97.9 Å². The number of aliphatic hydroxyl groups excluding tert-OH is 1. The molecule has 17 heavy (non-hydrogen) atoms. The summed E-state index contributed by atoms with van der Waals surface area (Å²) in [5.74, 6) is 0.291. The second-order valence-electron chi connectivity index (χ2n) is 3.52. The van der Waals surface area contributed by atoms with Gasteiger partial charge in [-0.1, -0.05) is 0 Å². The molecule has 0 spiro atoms. The Morgan fingerprint density at radius 3 is 3.00 bits per heavy atom. The fourth-order valence-corrected chi connectivity index (χ4v) is 1.25. The summed E-state index contributed by atoms with van der Waals surface area (Å²) in [6.07, 6.45) is 1.60. The third-order valence-corrected chi connectivity index (χ3v) is 2.15. The highest BCUT2D eigenvalue weighted by atomic mass is 16.6. The van der Waals surface area contributed by atoms with Gasteiger partial charge in [-0.2, -0.15) is 5.26 Å². The summed E-state index contributed by atoms with van der Waals surface area (Å²) in [6, 6.07) is 2.95. The zero-order chi connectivity index (χ0) is 12.8. The van der Waals surface area contributed by atoms with Crippen LogP contribution in [0.5, 0.6) is 0 Å². The first kappa shape index (κ1) is 12.9. The largest absolute Gasteiger partial charge is 0.396 e. The van der Waals surface area contributed by atoms with Crippen molar-refractivity contribution in [2.45, 2.75) is 19.4 Å². The van der Waals surface area contributed by atoms with Gasteiger partial charge in [0.25, 0.3) is 5.69 Å². The van der Waals surface area contributed by atoms with Crippen molar-refractivity contribution in [1.82, 2.24) is 4.98 Å². The van der Waals surface area contributed by atoms with E-state index in [1.807, 2.05) is 13.0 Å². The molecule has 1 aromatic heterocycles. The number of aromatic nitrogens is 1. The molecule has 0 fully saturated rings. The molecule has 0 aromatic carbocycles. The first-order valence-electron chi connectivity index (χ1n) is 5.00. The Hall–Kier alpha value is -2.20. The van der Waals surface area contributed by atoms with Gasteiger partial charge in [0.1, 0.15) is 23.6 Å². The fraction of sp³-hybridized carbons (Fsp3) is 0.400. The van der Waals surface area contributed by atoms with Crippen LogP contribution >= 0.6 is 0 Å². The minimum absolute atomic E-state index is 0.0169.